The smallest absolute Gasteiger partial charge is 0.339 e. The molecule has 0 heterocycles. The zero-order valence-electron chi connectivity index (χ0n) is 15.7. The third-order valence-corrected chi connectivity index (χ3v) is 5.08. The van der Waals surface area contributed by atoms with Crippen molar-refractivity contribution in [2.45, 2.75) is 25.7 Å². The normalized spacial score (nSPS) is 11.4. The maximum Gasteiger partial charge on any atom is 0.339 e. The Bertz CT molecular complexity index is 960. The van der Waals surface area contributed by atoms with Gasteiger partial charge in [0.05, 0.1) is 13.7 Å². The highest BCUT2D eigenvalue weighted by Crippen LogP contribution is 2.32. The van der Waals surface area contributed by atoms with E-state index in [0.29, 0.717) is 11.1 Å². The first-order chi connectivity index (χ1) is 12.8. The number of benzene rings is 2. The van der Waals surface area contributed by atoms with Gasteiger partial charge in [0, 0.05) is 6.08 Å². The lowest BCUT2D eigenvalue weighted by Crippen LogP contribution is -2.12. The Morgan fingerprint density at radius 1 is 1.07 bits per heavy atom. The Kier molecular flexibility index (Phi) is 6.63. The molecule has 0 radical (unpaired) electrons. The van der Waals surface area contributed by atoms with E-state index in [0.717, 1.165) is 5.56 Å². The summed E-state index contributed by atoms with van der Waals surface area (Å²) in [4.78, 5) is 11.5. The van der Waals surface area contributed by atoms with Crippen LogP contribution in [0, 0.1) is 13.8 Å². The van der Waals surface area contributed by atoms with Gasteiger partial charge in [0.2, 0.25) is 0 Å². The molecule has 0 aliphatic heterocycles. The number of methoxy groups -OCH3 is 1. The summed E-state index contributed by atoms with van der Waals surface area (Å²) in [5.74, 6) is -0.170. The van der Waals surface area contributed by atoms with Gasteiger partial charge in [0.25, 0.3) is 0 Å². The van der Waals surface area contributed by atoms with Crippen LogP contribution in [-0.4, -0.2) is 28.1 Å². The van der Waals surface area contributed by atoms with Gasteiger partial charge in [0.15, 0.2) is 11.5 Å². The van der Waals surface area contributed by atoms with Gasteiger partial charge >= 0.3 is 16.1 Å². The Morgan fingerprint density at radius 2 is 1.81 bits per heavy atom. The third-order valence-electron chi connectivity index (χ3n) is 3.70. The topological polar surface area (TPSA) is 78.9 Å². The molecule has 0 fully saturated rings. The van der Waals surface area contributed by atoms with E-state index < -0.39 is 16.1 Å². The van der Waals surface area contributed by atoms with E-state index in [2.05, 4.69) is 0 Å². The quantitative estimate of drug-likeness (QED) is 0.408. The molecule has 2 rings (SSSR count). The summed E-state index contributed by atoms with van der Waals surface area (Å²) in [7, 11) is -2.61. The van der Waals surface area contributed by atoms with Crippen molar-refractivity contribution in [2.75, 3.05) is 13.7 Å². The maximum atomic E-state index is 12.7. The summed E-state index contributed by atoms with van der Waals surface area (Å²) < 4.78 is 40.7. The highest BCUT2D eigenvalue weighted by Gasteiger charge is 2.21. The second kappa shape index (κ2) is 8.73. The molecule has 7 heteroatoms. The number of carbonyl (C=O) groups excluding carboxylic acids is 1. The monoisotopic (exact) mass is 390 g/mol. The van der Waals surface area contributed by atoms with Gasteiger partial charge in [-0.05, 0) is 61.7 Å². The van der Waals surface area contributed by atoms with E-state index in [9.17, 15) is 13.2 Å². The first-order valence-electron chi connectivity index (χ1n) is 8.31. The second-order valence-corrected chi connectivity index (χ2v) is 7.32. The lowest BCUT2D eigenvalue weighted by molar-refractivity contribution is -0.137. The molecule has 0 unspecified atom stereocenters. The lowest BCUT2D eigenvalue weighted by atomic mass is 10.2. The van der Waals surface area contributed by atoms with E-state index in [1.165, 1.54) is 19.3 Å². The van der Waals surface area contributed by atoms with Crippen molar-refractivity contribution in [1.82, 2.24) is 0 Å². The molecule has 27 heavy (non-hydrogen) atoms. The summed E-state index contributed by atoms with van der Waals surface area (Å²) in [5, 5.41) is 0. The molecule has 144 valence electrons. The fraction of sp³-hybridized carbons (Fsp3) is 0.250. The maximum absolute atomic E-state index is 12.7. The van der Waals surface area contributed by atoms with Crippen molar-refractivity contribution in [1.29, 1.82) is 0 Å². The number of esters is 1. The third kappa shape index (κ3) is 5.34. The molecule has 2 aromatic carbocycles. The summed E-state index contributed by atoms with van der Waals surface area (Å²) >= 11 is 0. The largest absolute Gasteiger partial charge is 0.493 e. The molecule has 0 spiro atoms. The van der Waals surface area contributed by atoms with Gasteiger partial charge in [-0.2, -0.15) is 8.42 Å². The molecule has 0 aliphatic carbocycles. The van der Waals surface area contributed by atoms with E-state index in [-0.39, 0.29) is 23.0 Å². The molecule has 0 saturated heterocycles. The standard InChI is InChI=1S/C20H22O6S/c1-5-25-20(21)11-9-16-8-10-17(18(13-16)24-4)26-27(22,23)19-12-14(2)6-7-15(19)3/h6-13H,5H2,1-4H3/b11-9+. The van der Waals surface area contributed by atoms with Gasteiger partial charge in [-0.3, -0.25) is 0 Å². The van der Waals surface area contributed by atoms with Gasteiger partial charge in [-0.25, -0.2) is 4.79 Å². The first-order valence-corrected chi connectivity index (χ1v) is 9.72. The molecular formula is C20H22O6S. The van der Waals surface area contributed by atoms with Gasteiger partial charge in [-0.15, -0.1) is 0 Å². The molecular weight excluding hydrogens is 368 g/mol. The molecule has 0 amide bonds. The summed E-state index contributed by atoms with van der Waals surface area (Å²) in [6.45, 7) is 5.52. The minimum Gasteiger partial charge on any atom is -0.493 e. The summed E-state index contributed by atoms with van der Waals surface area (Å²) in [5.41, 5.74) is 2.04. The van der Waals surface area contributed by atoms with Crippen molar-refractivity contribution in [3.05, 3.63) is 59.2 Å². The van der Waals surface area contributed by atoms with Crippen LogP contribution in [0.2, 0.25) is 0 Å². The molecule has 0 bridgehead atoms. The van der Waals surface area contributed by atoms with Crippen molar-refractivity contribution in [3.8, 4) is 11.5 Å². The van der Waals surface area contributed by atoms with Crippen LogP contribution in [0.4, 0.5) is 0 Å². The summed E-state index contributed by atoms with van der Waals surface area (Å²) in [6.07, 6.45) is 2.83. The van der Waals surface area contributed by atoms with Crippen LogP contribution in [0.15, 0.2) is 47.4 Å². The van der Waals surface area contributed by atoms with Crippen LogP contribution < -0.4 is 8.92 Å². The van der Waals surface area contributed by atoms with Crippen molar-refractivity contribution >= 4 is 22.2 Å². The molecule has 0 aliphatic rings. The first kappa shape index (κ1) is 20.5. The Morgan fingerprint density at radius 3 is 2.48 bits per heavy atom. The van der Waals surface area contributed by atoms with Gasteiger partial charge < -0.3 is 13.7 Å². The average molecular weight is 390 g/mol. The Labute approximate surface area is 159 Å². The minimum atomic E-state index is -4.02. The lowest BCUT2D eigenvalue weighted by Gasteiger charge is -2.13. The number of hydrogen-bond acceptors (Lipinski definition) is 6. The minimum absolute atomic E-state index is 0.0618. The van der Waals surface area contributed by atoms with Crippen LogP contribution >= 0.6 is 0 Å². The highest BCUT2D eigenvalue weighted by molar-refractivity contribution is 7.87. The molecule has 0 N–H and O–H groups in total. The number of ether oxygens (including phenoxy) is 2. The predicted octanol–water partition coefficient (Wildman–Crippen LogP) is 3.66. The average Bonchev–Trinajstić information content (AvgIpc) is 2.62. The fourth-order valence-electron chi connectivity index (χ4n) is 2.35. The van der Waals surface area contributed by atoms with Crippen molar-refractivity contribution < 1.29 is 26.9 Å². The Hall–Kier alpha value is -2.80. The van der Waals surface area contributed by atoms with Crippen LogP contribution in [0.25, 0.3) is 6.08 Å². The van der Waals surface area contributed by atoms with Gasteiger partial charge in [-0.1, -0.05) is 18.2 Å². The summed E-state index contributed by atoms with van der Waals surface area (Å²) in [6, 6.07) is 9.79. The molecule has 6 nitrogen and oxygen atoms in total. The van der Waals surface area contributed by atoms with E-state index in [1.54, 1.807) is 44.2 Å². The second-order valence-electron chi connectivity index (χ2n) is 5.80. The SMILES string of the molecule is CCOC(=O)/C=C/c1ccc(OS(=O)(=O)c2cc(C)ccc2C)c(OC)c1. The zero-order valence-corrected chi connectivity index (χ0v) is 16.5. The van der Waals surface area contributed by atoms with Crippen LogP contribution in [0.1, 0.15) is 23.6 Å². The molecule has 0 saturated carbocycles. The Balaban J connectivity index is 2.31. The number of rotatable bonds is 7. The van der Waals surface area contributed by atoms with Crippen LogP contribution in [0.3, 0.4) is 0 Å². The fourth-order valence-corrected chi connectivity index (χ4v) is 3.61. The number of hydrogen-bond donors (Lipinski definition) is 0. The van der Waals surface area contributed by atoms with Crippen LogP contribution in [0.5, 0.6) is 11.5 Å². The molecule has 0 aromatic heterocycles. The van der Waals surface area contributed by atoms with Crippen LogP contribution in [-0.2, 0) is 19.6 Å². The van der Waals surface area contributed by atoms with E-state index in [1.807, 2.05) is 13.0 Å². The predicted molar refractivity (Wildman–Crippen MR) is 102 cm³/mol. The number of carbonyl (C=O) groups is 1. The molecule has 0 atom stereocenters. The van der Waals surface area contributed by atoms with Crippen molar-refractivity contribution in [2.24, 2.45) is 0 Å². The van der Waals surface area contributed by atoms with Crippen molar-refractivity contribution in [3.63, 3.8) is 0 Å². The molecule has 2 aromatic rings. The zero-order chi connectivity index (χ0) is 20.0. The highest BCUT2D eigenvalue weighted by atomic mass is 32.2. The van der Waals surface area contributed by atoms with E-state index >= 15 is 0 Å². The number of aryl methyl sites for hydroxylation is 2. The van der Waals surface area contributed by atoms with E-state index in [4.69, 9.17) is 13.7 Å². The van der Waals surface area contributed by atoms with Gasteiger partial charge in [0.1, 0.15) is 4.90 Å².